The topological polar surface area (TPSA) is 76.1 Å². The van der Waals surface area contributed by atoms with Gasteiger partial charge in [-0.2, -0.15) is 13.2 Å². The molecular formula is C11H7F3NO3-. The van der Waals surface area contributed by atoms with Gasteiger partial charge in [-0.3, -0.25) is 0 Å². The Morgan fingerprint density at radius 2 is 2.00 bits per heavy atom. The lowest BCUT2D eigenvalue weighted by molar-refractivity contribution is -0.275. The van der Waals surface area contributed by atoms with E-state index in [9.17, 15) is 23.1 Å². The summed E-state index contributed by atoms with van der Waals surface area (Å²) in [5.41, 5.74) is -1.90. The van der Waals surface area contributed by atoms with Crippen molar-refractivity contribution < 1.29 is 28.2 Å². The molecule has 2 N–H and O–H groups in total. The molecule has 0 aliphatic heterocycles. The monoisotopic (exact) mass is 258 g/mol. The highest BCUT2D eigenvalue weighted by molar-refractivity contribution is 6.06. The molecule has 1 aromatic heterocycles. The van der Waals surface area contributed by atoms with Gasteiger partial charge in [0.1, 0.15) is 0 Å². The zero-order chi connectivity index (χ0) is 13.7. The van der Waals surface area contributed by atoms with E-state index < -0.39 is 34.4 Å². The molecule has 7 heteroatoms. The zero-order valence-electron chi connectivity index (χ0n) is 9.05. The summed E-state index contributed by atoms with van der Waals surface area (Å²) in [6.07, 6.45) is -4.89. The molecule has 2 aromatic rings. The molecule has 0 aliphatic rings. The van der Waals surface area contributed by atoms with Crippen LogP contribution in [0.3, 0.4) is 0 Å². The summed E-state index contributed by atoms with van der Waals surface area (Å²) in [4.78, 5) is 13.5. The number of aromatic amines is 1. The summed E-state index contributed by atoms with van der Waals surface area (Å²) in [7, 11) is 0. The van der Waals surface area contributed by atoms with Crippen molar-refractivity contribution in [1.29, 1.82) is 0 Å². The van der Waals surface area contributed by atoms with Crippen LogP contribution in [-0.4, -0.2) is 16.1 Å². The van der Waals surface area contributed by atoms with Crippen molar-refractivity contribution >= 4 is 16.9 Å². The van der Waals surface area contributed by atoms with Gasteiger partial charge in [0.2, 0.25) is 0 Å². The molecule has 2 rings (SSSR count). The van der Waals surface area contributed by atoms with E-state index in [1.165, 1.54) is 6.92 Å². The lowest BCUT2D eigenvalue weighted by Crippen LogP contribution is -2.12. The molecule has 96 valence electrons. The number of hydrogen-bond acceptors (Lipinski definition) is 2. The second-order valence-electron chi connectivity index (χ2n) is 3.79. The van der Waals surface area contributed by atoms with Crippen LogP contribution in [0.5, 0.6) is 5.75 Å². The number of carboxylic acid groups (broad SMARTS) is 1. The molecule has 0 atom stereocenters. The van der Waals surface area contributed by atoms with Crippen LogP contribution in [-0.2, 0) is 6.18 Å². The number of alkyl halides is 3. The van der Waals surface area contributed by atoms with Gasteiger partial charge in [0.25, 0.3) is 0 Å². The van der Waals surface area contributed by atoms with Crippen molar-refractivity contribution in [3.8, 4) is 5.75 Å². The smallest absolute Gasteiger partial charge is 0.416 e. The highest BCUT2D eigenvalue weighted by Crippen LogP contribution is 2.41. The van der Waals surface area contributed by atoms with Gasteiger partial charge in [0, 0.05) is 16.6 Å². The van der Waals surface area contributed by atoms with E-state index in [1.54, 1.807) is 0 Å². The summed E-state index contributed by atoms with van der Waals surface area (Å²) in [6.45, 7) is 1.34. The predicted molar refractivity (Wildman–Crippen MR) is 54.4 cm³/mol. The van der Waals surface area contributed by atoms with Crippen LogP contribution in [0.2, 0.25) is 0 Å². The van der Waals surface area contributed by atoms with Crippen molar-refractivity contribution in [2.75, 3.05) is 0 Å². The molecule has 0 saturated heterocycles. The maximum Gasteiger partial charge on any atom is 0.416 e. The van der Waals surface area contributed by atoms with E-state index in [0.717, 1.165) is 12.1 Å². The fraction of sp³-hybridized carbons (Fsp3) is 0.182. The molecule has 0 radical (unpaired) electrons. The molecule has 0 amide bonds. The number of carboxylic acids is 1. The minimum absolute atomic E-state index is 0.0168. The van der Waals surface area contributed by atoms with Gasteiger partial charge < -0.3 is 15.2 Å². The molecule has 0 bridgehead atoms. The fourth-order valence-corrected chi connectivity index (χ4v) is 1.95. The number of fused-ring (bicyclic) bond motifs is 1. The lowest BCUT2D eigenvalue weighted by atomic mass is 10.0. The third-order valence-corrected chi connectivity index (χ3v) is 2.61. The molecule has 1 aromatic carbocycles. The Morgan fingerprint density at radius 3 is 2.50 bits per heavy atom. The number of rotatable bonds is 1. The Balaban J connectivity index is 3.00. The minimum Gasteiger partial charge on any atom is -0.872 e. The quantitative estimate of drug-likeness (QED) is 0.823. The summed E-state index contributed by atoms with van der Waals surface area (Å²) in [5.74, 6) is -2.74. The van der Waals surface area contributed by atoms with Crippen molar-refractivity contribution in [3.05, 3.63) is 29.0 Å². The van der Waals surface area contributed by atoms with Crippen LogP contribution in [0.4, 0.5) is 13.2 Å². The van der Waals surface area contributed by atoms with Gasteiger partial charge in [-0.25, -0.2) is 4.79 Å². The Morgan fingerprint density at radius 1 is 1.39 bits per heavy atom. The SMILES string of the molecule is Cc1[nH]c2ccc([O-])c(C(F)(F)F)c2c1C(=O)O. The van der Waals surface area contributed by atoms with Crippen LogP contribution in [0.1, 0.15) is 21.6 Å². The van der Waals surface area contributed by atoms with Crippen molar-refractivity contribution in [2.45, 2.75) is 13.1 Å². The molecule has 0 unspecified atom stereocenters. The van der Waals surface area contributed by atoms with Gasteiger partial charge in [0.05, 0.1) is 11.1 Å². The average Bonchev–Trinajstić information content (AvgIpc) is 2.51. The number of benzene rings is 1. The number of aromatic carboxylic acids is 1. The van der Waals surface area contributed by atoms with Crippen molar-refractivity contribution in [2.24, 2.45) is 0 Å². The highest BCUT2D eigenvalue weighted by Gasteiger charge is 2.35. The second-order valence-corrected chi connectivity index (χ2v) is 3.79. The zero-order valence-corrected chi connectivity index (χ0v) is 9.05. The third kappa shape index (κ3) is 1.68. The summed E-state index contributed by atoms with van der Waals surface area (Å²) in [6, 6.07) is 1.92. The molecule has 0 aliphatic carbocycles. The van der Waals surface area contributed by atoms with Crippen LogP contribution in [0, 0.1) is 6.92 Å². The van der Waals surface area contributed by atoms with Crippen molar-refractivity contribution in [1.82, 2.24) is 4.98 Å². The van der Waals surface area contributed by atoms with Gasteiger partial charge in [-0.05, 0) is 13.0 Å². The maximum atomic E-state index is 12.8. The number of nitrogens with one attached hydrogen (secondary N) is 1. The first-order chi connectivity index (χ1) is 8.23. The second kappa shape index (κ2) is 3.66. The number of H-pyrrole nitrogens is 1. The molecule has 0 saturated carbocycles. The summed E-state index contributed by atoms with van der Waals surface area (Å²) < 4.78 is 38.5. The van der Waals surface area contributed by atoms with Crippen molar-refractivity contribution in [3.63, 3.8) is 0 Å². The summed E-state index contributed by atoms with van der Waals surface area (Å²) >= 11 is 0. The maximum absolute atomic E-state index is 12.8. The van der Waals surface area contributed by atoms with Gasteiger partial charge >= 0.3 is 12.1 Å². The molecule has 0 spiro atoms. The van der Waals surface area contributed by atoms with E-state index in [4.69, 9.17) is 5.11 Å². The molecular weight excluding hydrogens is 251 g/mol. The Hall–Kier alpha value is -2.18. The first-order valence-corrected chi connectivity index (χ1v) is 4.86. The Labute approximate surface area is 98.7 Å². The first kappa shape index (κ1) is 12.3. The average molecular weight is 258 g/mol. The van der Waals surface area contributed by atoms with Crippen LogP contribution in [0.15, 0.2) is 12.1 Å². The number of carbonyl (C=O) groups is 1. The molecule has 0 fully saturated rings. The Bertz CT molecular complexity index is 643. The number of aryl methyl sites for hydroxylation is 1. The minimum atomic E-state index is -4.89. The molecule has 18 heavy (non-hydrogen) atoms. The van der Waals surface area contributed by atoms with Gasteiger partial charge in [-0.1, -0.05) is 11.8 Å². The Kier molecular flexibility index (Phi) is 2.50. The largest absolute Gasteiger partial charge is 0.872 e. The van der Waals surface area contributed by atoms with Gasteiger partial charge in [-0.15, -0.1) is 0 Å². The third-order valence-electron chi connectivity index (χ3n) is 2.61. The number of halogens is 3. The van der Waals surface area contributed by atoms with E-state index >= 15 is 0 Å². The van der Waals surface area contributed by atoms with E-state index in [-0.39, 0.29) is 11.2 Å². The first-order valence-electron chi connectivity index (χ1n) is 4.86. The number of hydrogen-bond donors (Lipinski definition) is 2. The van der Waals surface area contributed by atoms with E-state index in [1.807, 2.05) is 0 Å². The fourth-order valence-electron chi connectivity index (χ4n) is 1.95. The van der Waals surface area contributed by atoms with Crippen LogP contribution in [0.25, 0.3) is 10.9 Å². The standard InChI is InChI=1S/C11H8F3NO3/c1-4-7(10(17)18)8-5(15-4)2-3-6(16)9(8)11(12,13)14/h2-3,15-16H,1H3,(H,17,18)/p-1. The van der Waals surface area contributed by atoms with E-state index in [2.05, 4.69) is 4.98 Å². The normalized spacial score (nSPS) is 12.0. The summed E-state index contributed by atoms with van der Waals surface area (Å²) in [5, 5.41) is 19.7. The number of aromatic nitrogens is 1. The molecule has 4 nitrogen and oxygen atoms in total. The van der Waals surface area contributed by atoms with Crippen LogP contribution >= 0.6 is 0 Å². The predicted octanol–water partition coefficient (Wildman–Crippen LogP) is 2.27. The van der Waals surface area contributed by atoms with Crippen LogP contribution < -0.4 is 5.11 Å². The molecule has 1 heterocycles. The lowest BCUT2D eigenvalue weighted by Gasteiger charge is -2.17. The highest BCUT2D eigenvalue weighted by atomic mass is 19.4. The van der Waals surface area contributed by atoms with Gasteiger partial charge in [0.15, 0.2) is 0 Å². The van der Waals surface area contributed by atoms with E-state index in [0.29, 0.717) is 0 Å².